The van der Waals surface area contributed by atoms with Crippen LogP contribution in [0.4, 0.5) is 0 Å². The molecule has 0 amide bonds. The fourth-order valence-electron chi connectivity index (χ4n) is 1.56. The third kappa shape index (κ3) is 5.19. The molecule has 0 bridgehead atoms. The molecule has 0 fully saturated rings. The molecule has 0 aliphatic carbocycles. The van der Waals surface area contributed by atoms with Gasteiger partial charge in [0.25, 0.3) is 0 Å². The van der Waals surface area contributed by atoms with Gasteiger partial charge in [0, 0.05) is 10.9 Å². The van der Waals surface area contributed by atoms with E-state index in [-0.39, 0.29) is 6.04 Å². The minimum absolute atomic E-state index is 0.0138. The van der Waals surface area contributed by atoms with Gasteiger partial charge in [0.2, 0.25) is 0 Å². The van der Waals surface area contributed by atoms with Gasteiger partial charge >= 0.3 is 7.75 Å². The van der Waals surface area contributed by atoms with Crippen molar-refractivity contribution in [2.45, 2.75) is 38.6 Å². The number of aryl methyl sites for hydroxylation is 1. The molecule has 108 valence electrons. The minimum atomic E-state index is -3.32. The molecule has 1 aromatic rings. The van der Waals surface area contributed by atoms with Gasteiger partial charge in [-0.2, -0.15) is 0 Å². The van der Waals surface area contributed by atoms with Gasteiger partial charge in [-0.05, 0) is 51.6 Å². The van der Waals surface area contributed by atoms with E-state index in [9.17, 15) is 4.57 Å². The van der Waals surface area contributed by atoms with Gasteiger partial charge in [-0.3, -0.25) is 4.52 Å². The van der Waals surface area contributed by atoms with E-state index in [1.807, 2.05) is 45.2 Å². The Balaban J connectivity index is 3.02. The summed E-state index contributed by atoms with van der Waals surface area (Å²) in [7, 11) is -3.32. The van der Waals surface area contributed by atoms with E-state index < -0.39 is 7.75 Å². The molecular weight excluding hydrogens is 281 g/mol. The number of hydrogen-bond acceptors (Lipinski definition) is 4. The van der Waals surface area contributed by atoms with Gasteiger partial charge in [-0.1, -0.05) is 6.07 Å². The quantitative estimate of drug-likeness (QED) is 0.603. The van der Waals surface area contributed by atoms with Crippen molar-refractivity contribution >= 4 is 19.5 Å². The monoisotopic (exact) mass is 303 g/mol. The molecule has 19 heavy (non-hydrogen) atoms. The molecule has 1 unspecified atom stereocenters. The first kappa shape index (κ1) is 16.6. The third-order valence-electron chi connectivity index (χ3n) is 2.25. The van der Waals surface area contributed by atoms with Crippen LogP contribution in [0.25, 0.3) is 0 Å². The van der Waals surface area contributed by atoms with Gasteiger partial charge in [-0.25, -0.2) is 9.65 Å². The lowest BCUT2D eigenvalue weighted by Gasteiger charge is -2.22. The maximum atomic E-state index is 12.6. The van der Waals surface area contributed by atoms with Crippen LogP contribution in [0.3, 0.4) is 0 Å². The van der Waals surface area contributed by atoms with E-state index in [2.05, 4.69) is 5.09 Å². The van der Waals surface area contributed by atoms with Gasteiger partial charge in [0.1, 0.15) is 5.75 Å². The lowest BCUT2D eigenvalue weighted by molar-refractivity contribution is 0.264. The van der Waals surface area contributed by atoms with Crippen LogP contribution in [0.15, 0.2) is 23.1 Å². The lowest BCUT2D eigenvalue weighted by Crippen LogP contribution is -2.23. The summed E-state index contributed by atoms with van der Waals surface area (Å²) >= 11 is 1.55. The average molecular weight is 303 g/mol. The maximum absolute atomic E-state index is 12.6. The normalized spacial score (nSPS) is 14.4. The molecule has 6 heteroatoms. The van der Waals surface area contributed by atoms with Crippen LogP contribution >= 0.6 is 19.5 Å². The predicted octanol–water partition coefficient (Wildman–Crippen LogP) is 4.24. The smallest absolute Gasteiger partial charge is 0.412 e. The lowest BCUT2D eigenvalue weighted by atomic mass is 10.2. The summed E-state index contributed by atoms with van der Waals surface area (Å²) < 4.78 is 23.6. The Morgan fingerprint density at radius 1 is 1.42 bits per heavy atom. The van der Waals surface area contributed by atoms with Crippen molar-refractivity contribution in [1.82, 2.24) is 5.09 Å². The highest BCUT2D eigenvalue weighted by molar-refractivity contribution is 7.98. The molecule has 1 aromatic carbocycles. The Morgan fingerprint density at radius 2 is 2.11 bits per heavy atom. The number of thioether (sulfide) groups is 1. The molecule has 0 aliphatic heterocycles. The molecule has 4 nitrogen and oxygen atoms in total. The highest BCUT2D eigenvalue weighted by Crippen LogP contribution is 2.47. The minimum Gasteiger partial charge on any atom is -0.412 e. The van der Waals surface area contributed by atoms with Gasteiger partial charge < -0.3 is 4.52 Å². The summed E-state index contributed by atoms with van der Waals surface area (Å²) in [6, 6.07) is 5.85. The van der Waals surface area contributed by atoms with Crippen LogP contribution < -0.4 is 9.61 Å². The van der Waals surface area contributed by atoms with Gasteiger partial charge in [0.05, 0.1) is 6.61 Å². The van der Waals surface area contributed by atoms with Crippen molar-refractivity contribution in [3.63, 3.8) is 0 Å². The van der Waals surface area contributed by atoms with Crippen molar-refractivity contribution in [3.05, 3.63) is 23.8 Å². The Bertz CT molecular complexity index is 465. The second kappa shape index (κ2) is 7.34. The Morgan fingerprint density at radius 3 is 2.63 bits per heavy atom. The summed E-state index contributed by atoms with van der Waals surface area (Å²) in [6.45, 7) is 7.90. The summed E-state index contributed by atoms with van der Waals surface area (Å²) in [5.41, 5.74) is 1.06. The SMILES string of the molecule is CCOP(=O)(NC(C)C)Oc1cc(C)ccc1SC. The molecule has 1 atom stereocenters. The molecular formula is C13H22NO3PS. The van der Waals surface area contributed by atoms with E-state index in [0.29, 0.717) is 12.4 Å². The molecule has 1 rings (SSSR count). The van der Waals surface area contributed by atoms with Crippen molar-refractivity contribution in [1.29, 1.82) is 0 Å². The highest BCUT2D eigenvalue weighted by atomic mass is 32.2. The average Bonchev–Trinajstić information content (AvgIpc) is 2.27. The van der Waals surface area contributed by atoms with Crippen LogP contribution in [0.2, 0.25) is 0 Å². The Hall–Kier alpha value is -0.480. The van der Waals surface area contributed by atoms with E-state index in [1.165, 1.54) is 0 Å². The molecule has 0 aliphatic rings. The summed E-state index contributed by atoms with van der Waals surface area (Å²) in [5, 5.41) is 2.88. The first-order chi connectivity index (χ1) is 8.90. The summed E-state index contributed by atoms with van der Waals surface area (Å²) in [5.74, 6) is 0.595. The largest absolute Gasteiger partial charge is 0.458 e. The van der Waals surface area contributed by atoms with Crippen molar-refractivity contribution in [3.8, 4) is 5.75 Å². The molecule has 0 saturated carbocycles. The number of rotatable bonds is 7. The van der Waals surface area contributed by atoms with E-state index in [0.717, 1.165) is 10.5 Å². The van der Waals surface area contributed by atoms with Gasteiger partial charge in [0.15, 0.2) is 0 Å². The Labute approximate surface area is 119 Å². The van der Waals surface area contributed by atoms with Crippen LogP contribution in [0, 0.1) is 6.92 Å². The van der Waals surface area contributed by atoms with Crippen LogP contribution in [-0.2, 0) is 9.09 Å². The zero-order chi connectivity index (χ0) is 14.5. The molecule has 0 radical (unpaired) electrons. The van der Waals surface area contributed by atoms with E-state index in [4.69, 9.17) is 9.05 Å². The number of benzene rings is 1. The predicted molar refractivity (Wildman–Crippen MR) is 81.1 cm³/mol. The van der Waals surface area contributed by atoms with E-state index in [1.54, 1.807) is 18.7 Å². The van der Waals surface area contributed by atoms with Crippen LogP contribution in [0.5, 0.6) is 5.75 Å². The first-order valence-electron chi connectivity index (χ1n) is 6.27. The maximum Gasteiger partial charge on any atom is 0.458 e. The van der Waals surface area contributed by atoms with Crippen molar-refractivity contribution in [2.24, 2.45) is 0 Å². The first-order valence-corrected chi connectivity index (χ1v) is 9.03. The number of nitrogens with one attached hydrogen (secondary N) is 1. The third-order valence-corrected chi connectivity index (χ3v) is 4.90. The van der Waals surface area contributed by atoms with E-state index >= 15 is 0 Å². The molecule has 0 saturated heterocycles. The molecule has 1 N–H and O–H groups in total. The second-order valence-electron chi connectivity index (χ2n) is 4.44. The topological polar surface area (TPSA) is 47.6 Å². The summed E-state index contributed by atoms with van der Waals surface area (Å²) in [4.78, 5) is 0.941. The van der Waals surface area contributed by atoms with Crippen molar-refractivity contribution < 1.29 is 13.6 Å². The highest BCUT2D eigenvalue weighted by Gasteiger charge is 2.27. The van der Waals surface area contributed by atoms with Crippen LogP contribution in [0.1, 0.15) is 26.3 Å². The second-order valence-corrected chi connectivity index (χ2v) is 6.99. The zero-order valence-corrected chi connectivity index (χ0v) is 13.8. The van der Waals surface area contributed by atoms with Gasteiger partial charge in [-0.15, -0.1) is 11.8 Å². The zero-order valence-electron chi connectivity index (χ0n) is 12.1. The summed E-state index contributed by atoms with van der Waals surface area (Å²) in [6.07, 6.45) is 1.96. The molecule has 0 spiro atoms. The van der Waals surface area contributed by atoms with Crippen LogP contribution in [-0.4, -0.2) is 18.9 Å². The number of hydrogen-bond donors (Lipinski definition) is 1. The standard InChI is InChI=1S/C13H22NO3PS/c1-6-16-18(15,14-10(2)3)17-12-9-11(4)7-8-13(12)19-5/h7-10H,6H2,1-5H3,(H,14,15). The Kier molecular flexibility index (Phi) is 6.40. The fraction of sp³-hybridized carbons (Fsp3) is 0.538. The fourth-order valence-corrected chi connectivity index (χ4v) is 3.69. The van der Waals surface area contributed by atoms with Crippen molar-refractivity contribution in [2.75, 3.05) is 12.9 Å². The molecule has 0 heterocycles. The molecule has 0 aromatic heterocycles.